The van der Waals surface area contributed by atoms with E-state index in [1.54, 1.807) is 18.2 Å². The molecule has 0 fully saturated rings. The van der Waals surface area contributed by atoms with Crippen LogP contribution >= 0.6 is 0 Å². The molecule has 1 N–H and O–H groups in total. The largest absolute Gasteiger partial charge is 0.280 e. The average Bonchev–Trinajstić information content (AvgIpc) is 2.87. The minimum atomic E-state index is -0.372. The zero-order chi connectivity index (χ0) is 22.6. The third kappa shape index (κ3) is 4.16. The zero-order valence-electron chi connectivity index (χ0n) is 17.8. The second kappa shape index (κ2) is 8.93. The summed E-state index contributed by atoms with van der Waals surface area (Å²) in [5, 5.41) is 0.450. The zero-order valence-corrected chi connectivity index (χ0v) is 17.8. The Labute approximate surface area is 191 Å². The van der Waals surface area contributed by atoms with Gasteiger partial charge in [-0.3, -0.25) is 15.0 Å². The van der Waals surface area contributed by atoms with E-state index in [0.29, 0.717) is 28.7 Å². The number of carbonyl (C=O) groups is 1. The van der Waals surface area contributed by atoms with E-state index in [2.05, 4.69) is 5.43 Å². The topological polar surface area (TPSA) is 64.0 Å². The second-order valence-corrected chi connectivity index (χ2v) is 7.70. The number of carbonyl (C=O) groups excluding carboxylic acids is 1. The number of rotatable bonds is 5. The van der Waals surface area contributed by atoms with Gasteiger partial charge in [-0.05, 0) is 34.9 Å². The molecule has 4 aromatic carbocycles. The van der Waals surface area contributed by atoms with E-state index in [1.807, 2.05) is 91.0 Å². The quantitative estimate of drug-likeness (QED) is 0.424. The van der Waals surface area contributed by atoms with Gasteiger partial charge in [-0.1, -0.05) is 91.0 Å². The number of hydrogen-bond donors (Lipinski definition) is 1. The van der Waals surface area contributed by atoms with E-state index in [9.17, 15) is 9.59 Å². The van der Waals surface area contributed by atoms with Crippen molar-refractivity contribution < 1.29 is 4.79 Å². The van der Waals surface area contributed by atoms with Crippen molar-refractivity contribution >= 4 is 16.8 Å². The highest BCUT2D eigenvalue weighted by molar-refractivity contribution is 6.05. The van der Waals surface area contributed by atoms with E-state index in [-0.39, 0.29) is 11.5 Å². The Morgan fingerprint density at radius 1 is 0.758 bits per heavy atom. The lowest BCUT2D eigenvalue weighted by molar-refractivity contribution is 0.101. The lowest BCUT2D eigenvalue weighted by Crippen LogP contribution is -2.36. The molecule has 0 saturated heterocycles. The lowest BCUT2D eigenvalue weighted by Gasteiger charge is -2.16. The van der Waals surface area contributed by atoms with Crippen LogP contribution in [0, 0.1) is 0 Å². The van der Waals surface area contributed by atoms with E-state index in [0.717, 1.165) is 16.7 Å². The molecule has 0 unspecified atom stereocenters. The summed E-state index contributed by atoms with van der Waals surface area (Å²) in [4.78, 5) is 31.5. The number of nitrogens with zero attached hydrogens (tertiary/aromatic N) is 2. The first kappa shape index (κ1) is 20.4. The van der Waals surface area contributed by atoms with Crippen LogP contribution in [0.1, 0.15) is 21.7 Å². The lowest BCUT2D eigenvalue weighted by atomic mass is 9.99. The first-order valence-electron chi connectivity index (χ1n) is 10.7. The first-order valence-corrected chi connectivity index (χ1v) is 10.7. The van der Waals surface area contributed by atoms with E-state index in [1.165, 1.54) is 4.68 Å². The van der Waals surface area contributed by atoms with Crippen LogP contribution in [0.25, 0.3) is 22.0 Å². The molecule has 0 spiro atoms. The fourth-order valence-electron chi connectivity index (χ4n) is 3.90. The summed E-state index contributed by atoms with van der Waals surface area (Å²) in [6.45, 7) is 0. The van der Waals surface area contributed by atoms with Crippen molar-refractivity contribution in [1.29, 1.82) is 0 Å². The second-order valence-electron chi connectivity index (χ2n) is 7.70. The van der Waals surface area contributed by atoms with Crippen LogP contribution in [-0.4, -0.2) is 15.6 Å². The highest BCUT2D eigenvalue weighted by atomic mass is 16.2. The molecule has 1 amide bonds. The summed E-state index contributed by atoms with van der Waals surface area (Å²) in [6.07, 6.45) is 0.404. The molecule has 1 heterocycles. The molecule has 0 aliphatic carbocycles. The highest BCUT2D eigenvalue weighted by Gasteiger charge is 2.17. The van der Waals surface area contributed by atoms with E-state index >= 15 is 0 Å². The molecule has 0 atom stereocenters. The van der Waals surface area contributed by atoms with Gasteiger partial charge in [-0.2, -0.15) is 0 Å². The van der Waals surface area contributed by atoms with Gasteiger partial charge in [0.05, 0.1) is 10.9 Å². The minimum absolute atomic E-state index is 0.308. The number of amides is 1. The van der Waals surface area contributed by atoms with E-state index in [4.69, 9.17) is 4.98 Å². The molecule has 160 valence electrons. The van der Waals surface area contributed by atoms with Crippen LogP contribution in [0.15, 0.2) is 114 Å². The standard InChI is InChI=1S/C28H21N3O2/c32-27(23-16-8-7-15-22(23)21-13-5-2-6-14-21)30-31-26(19-20-11-3-1-4-12-20)29-25-18-10-9-17-24(25)28(31)33/h1-18H,19H2,(H,30,32). The molecule has 33 heavy (non-hydrogen) atoms. The van der Waals surface area contributed by atoms with Crippen molar-refractivity contribution in [3.63, 3.8) is 0 Å². The summed E-state index contributed by atoms with van der Waals surface area (Å²) < 4.78 is 1.28. The van der Waals surface area contributed by atoms with Gasteiger partial charge in [-0.15, -0.1) is 0 Å². The van der Waals surface area contributed by atoms with Crippen molar-refractivity contribution in [2.24, 2.45) is 0 Å². The Balaban J connectivity index is 1.59. The van der Waals surface area contributed by atoms with E-state index < -0.39 is 0 Å². The summed E-state index contributed by atoms with van der Waals surface area (Å²) in [5.74, 6) is 0.0957. The number of aromatic nitrogens is 2. The summed E-state index contributed by atoms with van der Waals surface area (Å²) in [7, 11) is 0. The van der Waals surface area contributed by atoms with Crippen molar-refractivity contribution in [3.05, 3.63) is 136 Å². The highest BCUT2D eigenvalue weighted by Crippen LogP contribution is 2.23. The SMILES string of the molecule is O=C(Nn1c(Cc2ccccc2)nc2ccccc2c1=O)c1ccccc1-c1ccccc1. The Morgan fingerprint density at radius 3 is 2.18 bits per heavy atom. The van der Waals surface area contributed by atoms with Crippen LogP contribution < -0.4 is 11.0 Å². The van der Waals surface area contributed by atoms with Crippen molar-refractivity contribution in [1.82, 2.24) is 9.66 Å². The van der Waals surface area contributed by atoms with Gasteiger partial charge in [0, 0.05) is 12.0 Å². The van der Waals surface area contributed by atoms with Gasteiger partial charge in [0.2, 0.25) is 0 Å². The third-order valence-corrected chi connectivity index (χ3v) is 5.52. The summed E-state index contributed by atoms with van der Waals surface area (Å²) in [5.41, 5.74) is 6.31. The van der Waals surface area contributed by atoms with Gasteiger partial charge in [0.25, 0.3) is 11.5 Å². The van der Waals surface area contributed by atoms with Gasteiger partial charge >= 0.3 is 0 Å². The maximum absolute atomic E-state index is 13.4. The van der Waals surface area contributed by atoms with Gasteiger partial charge in [-0.25, -0.2) is 9.66 Å². The normalized spacial score (nSPS) is 10.8. The number of nitrogens with one attached hydrogen (secondary N) is 1. The number of benzene rings is 4. The Kier molecular flexibility index (Phi) is 5.52. The van der Waals surface area contributed by atoms with Crippen LogP contribution in [0.5, 0.6) is 0 Å². The molecular weight excluding hydrogens is 410 g/mol. The summed E-state index contributed by atoms with van der Waals surface area (Å²) in [6, 6.07) is 34.0. The number of fused-ring (bicyclic) bond motifs is 1. The molecule has 5 rings (SSSR count). The molecule has 5 aromatic rings. The van der Waals surface area contributed by atoms with Crippen molar-refractivity contribution in [2.75, 3.05) is 5.43 Å². The van der Waals surface area contributed by atoms with Crippen LogP contribution in [0.3, 0.4) is 0 Å². The first-order chi connectivity index (χ1) is 16.2. The smallest absolute Gasteiger partial charge is 0.267 e. The fourth-order valence-corrected chi connectivity index (χ4v) is 3.90. The Bertz CT molecular complexity index is 1490. The van der Waals surface area contributed by atoms with Gasteiger partial charge in [0.15, 0.2) is 0 Å². The number of hydrogen-bond acceptors (Lipinski definition) is 3. The van der Waals surface area contributed by atoms with Gasteiger partial charge < -0.3 is 0 Å². The maximum Gasteiger partial charge on any atom is 0.280 e. The Hall–Kier alpha value is -4.51. The molecule has 0 bridgehead atoms. The van der Waals surface area contributed by atoms with Crippen molar-refractivity contribution in [3.8, 4) is 11.1 Å². The molecule has 0 aliphatic rings. The minimum Gasteiger partial charge on any atom is -0.267 e. The summed E-state index contributed by atoms with van der Waals surface area (Å²) >= 11 is 0. The molecule has 0 saturated carbocycles. The Morgan fingerprint density at radius 2 is 1.39 bits per heavy atom. The van der Waals surface area contributed by atoms with Crippen LogP contribution in [0.4, 0.5) is 0 Å². The van der Waals surface area contributed by atoms with Crippen molar-refractivity contribution in [2.45, 2.75) is 6.42 Å². The monoisotopic (exact) mass is 431 g/mol. The van der Waals surface area contributed by atoms with Crippen LogP contribution in [0.2, 0.25) is 0 Å². The maximum atomic E-state index is 13.4. The average molecular weight is 431 g/mol. The fraction of sp³-hybridized carbons (Fsp3) is 0.0357. The molecule has 5 nitrogen and oxygen atoms in total. The molecule has 0 radical (unpaired) electrons. The molecule has 0 aliphatic heterocycles. The molecule has 5 heteroatoms. The molecule has 1 aromatic heterocycles. The number of para-hydroxylation sites is 1. The predicted molar refractivity (Wildman–Crippen MR) is 131 cm³/mol. The molecular formula is C28H21N3O2. The van der Waals surface area contributed by atoms with Gasteiger partial charge in [0.1, 0.15) is 5.82 Å². The van der Waals surface area contributed by atoms with Crippen LogP contribution in [-0.2, 0) is 6.42 Å². The predicted octanol–water partition coefficient (Wildman–Crippen LogP) is 5.04. The third-order valence-electron chi connectivity index (χ3n) is 5.52.